The first kappa shape index (κ1) is 22.6. The molecule has 0 aliphatic carbocycles. The van der Waals surface area contributed by atoms with Crippen LogP contribution in [0.3, 0.4) is 0 Å². The number of amides is 1. The monoisotopic (exact) mass is 455 g/mol. The van der Waals surface area contributed by atoms with Gasteiger partial charge >= 0.3 is 12.1 Å². The molecular weight excluding hydrogens is 426 g/mol. The third kappa shape index (κ3) is 4.35. The number of nitrogens with two attached hydrogens (primary N) is 1. The van der Waals surface area contributed by atoms with Crippen LogP contribution in [0.1, 0.15) is 45.2 Å². The highest BCUT2D eigenvalue weighted by Gasteiger charge is 2.43. The normalized spacial score (nSPS) is 19.0. The number of nitrogen functional groups attached to an aromatic ring is 1. The van der Waals surface area contributed by atoms with Crippen molar-refractivity contribution < 1.29 is 19.1 Å². The average molecular weight is 456 g/mol. The van der Waals surface area contributed by atoms with Crippen LogP contribution in [0.25, 0.3) is 16.8 Å². The van der Waals surface area contributed by atoms with Gasteiger partial charge in [-0.05, 0) is 33.6 Å². The fraction of sp³-hybridized carbons (Fsp3) is 0.500. The highest BCUT2D eigenvalue weighted by atomic mass is 16.6. The fourth-order valence-corrected chi connectivity index (χ4v) is 4.20. The average Bonchev–Trinajstić information content (AvgIpc) is 3.37. The molecule has 176 valence electrons. The van der Waals surface area contributed by atoms with Gasteiger partial charge in [-0.15, -0.1) is 0 Å². The van der Waals surface area contributed by atoms with Crippen LogP contribution in [0.2, 0.25) is 0 Å². The Bertz CT molecular complexity index is 1190. The van der Waals surface area contributed by atoms with Gasteiger partial charge in [-0.3, -0.25) is 9.58 Å². The lowest BCUT2D eigenvalue weighted by molar-refractivity contribution is -0.149. The third-order valence-electron chi connectivity index (χ3n) is 5.62. The zero-order valence-electron chi connectivity index (χ0n) is 19.5. The van der Waals surface area contributed by atoms with E-state index in [0.717, 1.165) is 11.1 Å². The molecule has 4 heterocycles. The number of methoxy groups -OCH3 is 1. The van der Waals surface area contributed by atoms with Crippen LogP contribution in [0.5, 0.6) is 0 Å². The SMILES string of the molecule is COC(=O)C1C(c2cc(N)n3ncc(-c4cnn(C)c4)c3n2)CCCN1C(=O)OC(C)(C)C. The molecular formula is C22H29N7O4. The minimum atomic E-state index is -0.877. The van der Waals surface area contributed by atoms with Crippen molar-refractivity contribution in [3.63, 3.8) is 0 Å². The van der Waals surface area contributed by atoms with Gasteiger partial charge in [-0.1, -0.05) is 0 Å². The smallest absolute Gasteiger partial charge is 0.411 e. The molecule has 0 radical (unpaired) electrons. The summed E-state index contributed by atoms with van der Waals surface area (Å²) in [5.74, 6) is -0.558. The summed E-state index contributed by atoms with van der Waals surface area (Å²) in [6.07, 6.45) is 6.03. The molecule has 0 aromatic carbocycles. The number of likely N-dealkylation sites (tertiary alicyclic amines) is 1. The van der Waals surface area contributed by atoms with Gasteiger partial charge in [0.15, 0.2) is 5.65 Å². The number of hydrogen-bond acceptors (Lipinski definition) is 8. The zero-order valence-corrected chi connectivity index (χ0v) is 19.5. The van der Waals surface area contributed by atoms with Crippen LogP contribution in [0.4, 0.5) is 10.6 Å². The quantitative estimate of drug-likeness (QED) is 0.596. The topological polar surface area (TPSA) is 130 Å². The van der Waals surface area contributed by atoms with E-state index in [1.54, 1.807) is 48.4 Å². The predicted octanol–water partition coefficient (Wildman–Crippen LogP) is 2.37. The standard InChI is InChI=1S/C22H29N7O4/c1-22(2,3)33-21(31)28-8-6-7-14(18(28)20(30)32-5)16-9-17(23)29-19(26-16)15(11-25-29)13-10-24-27(4)12-13/h9-12,14,18H,6-8,23H2,1-5H3. The van der Waals surface area contributed by atoms with Crippen LogP contribution in [0, 0.1) is 0 Å². The van der Waals surface area contributed by atoms with Crippen molar-refractivity contribution in [2.45, 2.75) is 51.2 Å². The molecule has 33 heavy (non-hydrogen) atoms. The lowest BCUT2D eigenvalue weighted by Gasteiger charge is -2.39. The number of anilines is 1. The molecule has 1 saturated heterocycles. The van der Waals surface area contributed by atoms with Gasteiger partial charge < -0.3 is 15.2 Å². The van der Waals surface area contributed by atoms with Gasteiger partial charge in [0.25, 0.3) is 0 Å². The Morgan fingerprint density at radius 1 is 1.21 bits per heavy atom. The Balaban J connectivity index is 1.77. The molecule has 3 aromatic rings. The summed E-state index contributed by atoms with van der Waals surface area (Å²) in [5, 5.41) is 8.58. The summed E-state index contributed by atoms with van der Waals surface area (Å²) in [5.41, 5.74) is 8.38. The van der Waals surface area contributed by atoms with Gasteiger partial charge in [0.1, 0.15) is 17.5 Å². The van der Waals surface area contributed by atoms with Crippen molar-refractivity contribution in [2.24, 2.45) is 7.05 Å². The molecule has 2 atom stereocenters. The number of carbonyl (C=O) groups excluding carboxylic acids is 2. The molecule has 11 nitrogen and oxygen atoms in total. The lowest BCUT2D eigenvalue weighted by atomic mass is 9.86. The second-order valence-electron chi connectivity index (χ2n) is 9.19. The second-order valence-corrected chi connectivity index (χ2v) is 9.19. The summed E-state index contributed by atoms with van der Waals surface area (Å²) in [6.45, 7) is 5.75. The van der Waals surface area contributed by atoms with E-state index < -0.39 is 29.6 Å². The molecule has 2 unspecified atom stereocenters. The van der Waals surface area contributed by atoms with E-state index >= 15 is 0 Å². The highest BCUT2D eigenvalue weighted by molar-refractivity contribution is 5.83. The first-order valence-corrected chi connectivity index (χ1v) is 10.8. The van der Waals surface area contributed by atoms with E-state index in [4.69, 9.17) is 20.2 Å². The first-order chi connectivity index (χ1) is 15.6. The molecule has 11 heteroatoms. The largest absolute Gasteiger partial charge is 0.467 e. The Morgan fingerprint density at radius 3 is 2.61 bits per heavy atom. The van der Waals surface area contributed by atoms with Crippen molar-refractivity contribution in [3.05, 3.63) is 30.4 Å². The lowest BCUT2D eigenvalue weighted by Crippen LogP contribution is -2.53. The molecule has 4 rings (SSSR count). The van der Waals surface area contributed by atoms with Gasteiger partial charge in [-0.2, -0.15) is 14.7 Å². The molecule has 1 fully saturated rings. The van der Waals surface area contributed by atoms with Crippen LogP contribution < -0.4 is 5.73 Å². The number of nitrogens with zero attached hydrogens (tertiary/aromatic N) is 6. The molecule has 3 aromatic heterocycles. The summed E-state index contributed by atoms with van der Waals surface area (Å²) >= 11 is 0. The summed E-state index contributed by atoms with van der Waals surface area (Å²) in [6, 6.07) is 0.823. The van der Waals surface area contributed by atoms with E-state index in [-0.39, 0.29) is 0 Å². The van der Waals surface area contributed by atoms with E-state index in [2.05, 4.69) is 10.2 Å². The maximum atomic E-state index is 12.9. The van der Waals surface area contributed by atoms with E-state index in [0.29, 0.717) is 36.5 Å². The third-order valence-corrected chi connectivity index (χ3v) is 5.62. The van der Waals surface area contributed by atoms with Crippen LogP contribution in [0.15, 0.2) is 24.7 Å². The number of fused-ring (bicyclic) bond motifs is 1. The van der Waals surface area contributed by atoms with Crippen molar-refractivity contribution >= 4 is 23.5 Å². The number of carbonyl (C=O) groups is 2. The number of hydrogen-bond donors (Lipinski definition) is 1. The molecule has 0 bridgehead atoms. The van der Waals surface area contributed by atoms with Crippen molar-refractivity contribution in [1.82, 2.24) is 29.3 Å². The number of aryl methyl sites for hydroxylation is 1. The van der Waals surface area contributed by atoms with E-state index in [9.17, 15) is 9.59 Å². The van der Waals surface area contributed by atoms with Crippen LogP contribution in [-0.4, -0.2) is 66.6 Å². The first-order valence-electron chi connectivity index (χ1n) is 10.8. The van der Waals surface area contributed by atoms with Gasteiger partial charge in [0.05, 0.1) is 25.2 Å². The second kappa shape index (κ2) is 8.38. The van der Waals surface area contributed by atoms with Crippen LogP contribution >= 0.6 is 0 Å². The van der Waals surface area contributed by atoms with E-state index in [1.165, 1.54) is 12.0 Å². The molecule has 1 amide bonds. The summed E-state index contributed by atoms with van der Waals surface area (Å²) in [7, 11) is 3.14. The number of esters is 1. The zero-order chi connectivity index (χ0) is 23.9. The Hall–Kier alpha value is -3.63. The van der Waals surface area contributed by atoms with Gasteiger partial charge in [0, 0.05) is 42.9 Å². The molecule has 1 aliphatic rings. The highest BCUT2D eigenvalue weighted by Crippen LogP contribution is 2.35. The Morgan fingerprint density at radius 2 is 1.97 bits per heavy atom. The maximum Gasteiger partial charge on any atom is 0.411 e. The minimum Gasteiger partial charge on any atom is -0.467 e. The van der Waals surface area contributed by atoms with Crippen molar-refractivity contribution in [2.75, 3.05) is 19.4 Å². The molecule has 0 saturated carbocycles. The summed E-state index contributed by atoms with van der Waals surface area (Å²) < 4.78 is 13.9. The van der Waals surface area contributed by atoms with Gasteiger partial charge in [-0.25, -0.2) is 14.6 Å². The van der Waals surface area contributed by atoms with Gasteiger partial charge in [0.2, 0.25) is 0 Å². The number of rotatable bonds is 3. The fourth-order valence-electron chi connectivity index (χ4n) is 4.20. The minimum absolute atomic E-state index is 0.378. The van der Waals surface area contributed by atoms with Crippen molar-refractivity contribution in [3.8, 4) is 11.1 Å². The predicted molar refractivity (Wildman–Crippen MR) is 120 cm³/mol. The van der Waals surface area contributed by atoms with Crippen LogP contribution in [-0.2, 0) is 21.3 Å². The molecule has 1 aliphatic heterocycles. The Kier molecular flexibility index (Phi) is 5.73. The number of ether oxygens (including phenoxy) is 2. The number of piperidine rings is 1. The summed E-state index contributed by atoms with van der Waals surface area (Å²) in [4.78, 5) is 32.1. The van der Waals surface area contributed by atoms with E-state index in [1.807, 2.05) is 13.2 Å². The molecule has 2 N–H and O–H groups in total. The number of aromatic nitrogens is 5. The maximum absolute atomic E-state index is 12.9. The van der Waals surface area contributed by atoms with Crippen molar-refractivity contribution in [1.29, 1.82) is 0 Å². The Labute approximate surface area is 191 Å². The molecule has 0 spiro atoms.